The van der Waals surface area contributed by atoms with Crippen LogP contribution in [0.1, 0.15) is 5.56 Å². The lowest BCUT2D eigenvalue weighted by atomic mass is 10.1. The molecular formula is C14H17N2O2+. The summed E-state index contributed by atoms with van der Waals surface area (Å²) >= 11 is 0. The van der Waals surface area contributed by atoms with E-state index in [9.17, 15) is 4.79 Å². The Morgan fingerprint density at radius 2 is 2.17 bits per heavy atom. The van der Waals surface area contributed by atoms with E-state index >= 15 is 0 Å². The van der Waals surface area contributed by atoms with Gasteiger partial charge in [-0.1, -0.05) is 36.9 Å². The van der Waals surface area contributed by atoms with Crippen molar-refractivity contribution in [3.63, 3.8) is 0 Å². The molecule has 18 heavy (non-hydrogen) atoms. The third-order valence-electron chi connectivity index (χ3n) is 3.24. The van der Waals surface area contributed by atoms with Crippen molar-refractivity contribution in [1.82, 2.24) is 0 Å². The summed E-state index contributed by atoms with van der Waals surface area (Å²) in [5.41, 5.74) is 1.12. The Morgan fingerprint density at radius 1 is 1.44 bits per heavy atom. The molecule has 0 aromatic heterocycles. The Hall–Kier alpha value is -1.94. The van der Waals surface area contributed by atoms with Gasteiger partial charge < -0.3 is 5.11 Å². The van der Waals surface area contributed by atoms with Gasteiger partial charge in [0.05, 0.1) is 6.54 Å². The van der Waals surface area contributed by atoms with Gasteiger partial charge in [0.1, 0.15) is 13.1 Å². The first kappa shape index (κ1) is 12.5. The molecule has 1 aliphatic heterocycles. The molecule has 0 aliphatic carbocycles. The zero-order chi connectivity index (χ0) is 13.0. The molecule has 0 amide bonds. The molecule has 0 saturated heterocycles. The molecule has 0 spiro atoms. The van der Waals surface area contributed by atoms with Crippen LogP contribution in [0.5, 0.6) is 0 Å². The summed E-state index contributed by atoms with van der Waals surface area (Å²) in [4.78, 5) is 15.5. The van der Waals surface area contributed by atoms with Crippen molar-refractivity contribution in [3.05, 3.63) is 48.6 Å². The van der Waals surface area contributed by atoms with Crippen LogP contribution in [0.25, 0.3) is 0 Å². The number of quaternary nitrogens is 1. The van der Waals surface area contributed by atoms with Gasteiger partial charge in [0.25, 0.3) is 0 Å². The van der Waals surface area contributed by atoms with Crippen molar-refractivity contribution in [3.8, 4) is 0 Å². The fraction of sp³-hybridized carbons (Fsp3) is 0.286. The van der Waals surface area contributed by atoms with E-state index in [1.54, 1.807) is 6.08 Å². The van der Waals surface area contributed by atoms with Crippen LogP contribution >= 0.6 is 0 Å². The van der Waals surface area contributed by atoms with Gasteiger partial charge in [-0.25, -0.2) is 9.79 Å². The standard InChI is InChI=1S/C14H16N2O2/c1-2-13-15-8-9-16(13,11-14(17)18)10-12-6-4-3-5-7-12/h2-7H,1,8-11H2/p+1. The van der Waals surface area contributed by atoms with Crippen LogP contribution in [0.15, 0.2) is 48.0 Å². The Kier molecular flexibility index (Phi) is 3.58. The van der Waals surface area contributed by atoms with E-state index in [0.717, 1.165) is 17.9 Å². The average molecular weight is 245 g/mol. The maximum Gasteiger partial charge on any atom is 0.359 e. The molecular weight excluding hydrogens is 228 g/mol. The van der Waals surface area contributed by atoms with Crippen LogP contribution in [0.3, 0.4) is 0 Å². The molecule has 1 unspecified atom stereocenters. The van der Waals surface area contributed by atoms with Crippen molar-refractivity contribution in [2.75, 3.05) is 19.6 Å². The van der Waals surface area contributed by atoms with Gasteiger partial charge in [0.15, 0.2) is 6.54 Å². The molecule has 4 heteroatoms. The van der Waals surface area contributed by atoms with Crippen molar-refractivity contribution >= 4 is 11.8 Å². The van der Waals surface area contributed by atoms with Gasteiger partial charge in [0.2, 0.25) is 5.84 Å². The minimum Gasteiger partial charge on any atom is -0.477 e. The molecule has 4 nitrogen and oxygen atoms in total. The molecule has 1 heterocycles. The molecule has 2 rings (SSSR count). The number of carboxylic acid groups (broad SMARTS) is 1. The van der Waals surface area contributed by atoms with Crippen LogP contribution in [0, 0.1) is 0 Å². The zero-order valence-corrected chi connectivity index (χ0v) is 10.2. The van der Waals surface area contributed by atoms with Crippen molar-refractivity contribution in [1.29, 1.82) is 0 Å². The Labute approximate surface area is 106 Å². The second kappa shape index (κ2) is 5.14. The molecule has 1 aromatic rings. The van der Waals surface area contributed by atoms with E-state index in [2.05, 4.69) is 11.6 Å². The maximum absolute atomic E-state index is 11.1. The van der Waals surface area contributed by atoms with Crippen LogP contribution in [0.2, 0.25) is 0 Å². The average Bonchev–Trinajstić information content (AvgIpc) is 2.72. The number of carbonyl (C=O) groups is 1. The molecule has 0 saturated carbocycles. The van der Waals surface area contributed by atoms with Crippen molar-refractivity contribution in [2.45, 2.75) is 6.54 Å². The number of hydrogen-bond donors (Lipinski definition) is 1. The number of rotatable bonds is 5. The van der Waals surface area contributed by atoms with Crippen molar-refractivity contribution < 1.29 is 14.4 Å². The Bertz CT molecular complexity index is 482. The Morgan fingerprint density at radius 3 is 2.78 bits per heavy atom. The first-order chi connectivity index (χ1) is 8.66. The highest BCUT2D eigenvalue weighted by Crippen LogP contribution is 2.21. The van der Waals surface area contributed by atoms with E-state index in [-0.39, 0.29) is 6.54 Å². The van der Waals surface area contributed by atoms with Gasteiger partial charge in [-0.15, -0.1) is 0 Å². The molecule has 0 bridgehead atoms. The molecule has 0 radical (unpaired) electrons. The highest BCUT2D eigenvalue weighted by atomic mass is 16.4. The molecule has 94 valence electrons. The van der Waals surface area contributed by atoms with Gasteiger partial charge in [0, 0.05) is 11.6 Å². The predicted molar refractivity (Wildman–Crippen MR) is 70.3 cm³/mol. The van der Waals surface area contributed by atoms with Crippen LogP contribution in [0.4, 0.5) is 0 Å². The number of aliphatic imine (C=N–C) groups is 1. The Balaban J connectivity index is 2.29. The fourth-order valence-corrected chi connectivity index (χ4v) is 2.45. The summed E-state index contributed by atoms with van der Waals surface area (Å²) in [7, 11) is 0. The van der Waals surface area contributed by atoms with Gasteiger partial charge in [-0.2, -0.15) is 0 Å². The topological polar surface area (TPSA) is 49.7 Å². The number of aliphatic carboxylic acids is 1. The van der Waals surface area contributed by atoms with E-state index < -0.39 is 5.97 Å². The van der Waals surface area contributed by atoms with E-state index in [1.807, 2.05) is 30.3 Å². The highest BCUT2D eigenvalue weighted by Gasteiger charge is 2.38. The zero-order valence-electron chi connectivity index (χ0n) is 10.2. The number of hydrogen-bond acceptors (Lipinski definition) is 2. The van der Waals surface area contributed by atoms with E-state index in [4.69, 9.17) is 5.11 Å². The lowest BCUT2D eigenvalue weighted by Crippen LogP contribution is -2.52. The summed E-state index contributed by atoms with van der Waals surface area (Å²) in [6, 6.07) is 9.92. The number of benzene rings is 1. The molecule has 1 aliphatic rings. The van der Waals surface area contributed by atoms with Crippen LogP contribution < -0.4 is 0 Å². The van der Waals surface area contributed by atoms with Gasteiger partial charge >= 0.3 is 5.97 Å². The lowest BCUT2D eigenvalue weighted by Gasteiger charge is -2.32. The first-order valence-corrected chi connectivity index (χ1v) is 5.95. The predicted octanol–water partition coefficient (Wildman–Crippen LogP) is 1.69. The summed E-state index contributed by atoms with van der Waals surface area (Å²) in [5.74, 6) is -0.0244. The normalized spacial score (nSPS) is 22.6. The highest BCUT2D eigenvalue weighted by molar-refractivity contribution is 5.89. The second-order valence-electron chi connectivity index (χ2n) is 4.51. The number of nitrogens with zero attached hydrogens (tertiary/aromatic N) is 2. The monoisotopic (exact) mass is 245 g/mol. The summed E-state index contributed by atoms with van der Waals surface area (Å²) in [6.07, 6.45) is 1.68. The van der Waals surface area contributed by atoms with Crippen molar-refractivity contribution in [2.24, 2.45) is 4.99 Å². The first-order valence-electron chi connectivity index (χ1n) is 5.95. The number of amidine groups is 1. The summed E-state index contributed by atoms with van der Waals surface area (Å²) < 4.78 is 0.364. The maximum atomic E-state index is 11.1. The minimum absolute atomic E-state index is 0.0553. The molecule has 0 fully saturated rings. The SMILES string of the molecule is C=CC1=NCC[N+]1(CC(=O)O)Cc1ccccc1. The van der Waals surface area contributed by atoms with Gasteiger partial charge in [-0.05, 0) is 0 Å². The summed E-state index contributed by atoms with van der Waals surface area (Å²) in [5, 5.41) is 9.13. The smallest absolute Gasteiger partial charge is 0.359 e. The molecule has 1 atom stereocenters. The quantitative estimate of drug-likeness (QED) is 0.802. The van der Waals surface area contributed by atoms with Gasteiger partial charge in [-0.3, -0.25) is 4.48 Å². The third-order valence-corrected chi connectivity index (χ3v) is 3.24. The minimum atomic E-state index is -0.803. The summed E-state index contributed by atoms with van der Waals surface area (Å²) in [6.45, 7) is 5.85. The number of carboxylic acids is 1. The van der Waals surface area contributed by atoms with Crippen LogP contribution in [-0.4, -0.2) is 41.0 Å². The molecule has 1 aromatic carbocycles. The lowest BCUT2D eigenvalue weighted by molar-refractivity contribution is -0.840. The third kappa shape index (κ3) is 2.49. The molecule has 1 N–H and O–H groups in total. The fourth-order valence-electron chi connectivity index (χ4n) is 2.45. The largest absolute Gasteiger partial charge is 0.477 e. The van der Waals surface area contributed by atoms with Crippen LogP contribution in [-0.2, 0) is 11.3 Å². The van der Waals surface area contributed by atoms with E-state index in [1.165, 1.54) is 0 Å². The van der Waals surface area contributed by atoms with E-state index in [0.29, 0.717) is 17.6 Å². The second-order valence-corrected chi connectivity index (χ2v) is 4.51.